The topological polar surface area (TPSA) is 211 Å². The first-order valence-electron chi connectivity index (χ1n) is 4.73. The summed E-state index contributed by atoms with van der Waals surface area (Å²) < 4.78 is 93.7. The lowest BCUT2D eigenvalue weighted by Crippen LogP contribution is -2.13. The van der Waals surface area contributed by atoms with Gasteiger partial charge in [0, 0.05) is 6.61 Å². The zero-order valence-corrected chi connectivity index (χ0v) is 12.7. The summed E-state index contributed by atoms with van der Waals surface area (Å²) in [6.45, 7) is -1.76. The van der Waals surface area contributed by atoms with Crippen LogP contribution >= 0.6 is 0 Å². The van der Waals surface area contributed by atoms with Crippen molar-refractivity contribution in [3.05, 3.63) is 0 Å². The average Bonchev–Trinajstić information content (AvgIpc) is 2.22. The number of aliphatic hydroxyl groups is 1. The fourth-order valence-corrected chi connectivity index (χ4v) is 1.39. The summed E-state index contributed by atoms with van der Waals surface area (Å²) in [5.41, 5.74) is 0. The minimum atomic E-state index is -4.60. The molecule has 0 saturated heterocycles. The van der Waals surface area contributed by atoms with E-state index < -0.39 is 44.4 Å². The second kappa shape index (κ2) is 10.3. The van der Waals surface area contributed by atoms with E-state index in [4.69, 9.17) is 18.8 Å². The molecule has 0 aliphatic carbocycles. The third kappa shape index (κ3) is 28.5. The summed E-state index contributed by atoms with van der Waals surface area (Å²) in [7, 11) is -13.5. The Morgan fingerprint density at radius 3 is 1.14 bits per heavy atom. The molecule has 16 heteroatoms. The Labute approximate surface area is 121 Å². The van der Waals surface area contributed by atoms with Gasteiger partial charge in [0.25, 0.3) is 0 Å². The van der Waals surface area contributed by atoms with E-state index in [1.807, 2.05) is 0 Å². The summed E-state index contributed by atoms with van der Waals surface area (Å²) >= 11 is 0. The molecule has 0 spiro atoms. The van der Waals surface area contributed by atoms with Crippen molar-refractivity contribution >= 4 is 31.2 Å². The average molecular weight is 378 g/mol. The van der Waals surface area contributed by atoms with Gasteiger partial charge in [-0.3, -0.25) is 13.7 Å². The Morgan fingerprint density at radius 2 is 0.905 bits per heavy atom. The molecule has 0 aliphatic heterocycles. The van der Waals surface area contributed by atoms with Gasteiger partial charge in [-0.05, 0) is 6.42 Å². The number of hydrogen-bond acceptors (Lipinski definition) is 10. The minimum Gasteiger partial charge on any atom is -0.396 e. The number of rotatable bonds is 9. The molecular formula is C5H14O13S3. The van der Waals surface area contributed by atoms with Crippen molar-refractivity contribution in [2.45, 2.75) is 6.42 Å². The van der Waals surface area contributed by atoms with Crippen LogP contribution in [0.25, 0.3) is 0 Å². The molecular weight excluding hydrogens is 364 g/mol. The van der Waals surface area contributed by atoms with Crippen LogP contribution in [0.2, 0.25) is 0 Å². The molecule has 0 aliphatic rings. The highest BCUT2D eigenvalue weighted by molar-refractivity contribution is 7.81. The molecule has 21 heavy (non-hydrogen) atoms. The molecule has 130 valence electrons. The molecule has 0 saturated carbocycles. The maximum atomic E-state index is 9.82. The van der Waals surface area contributed by atoms with Gasteiger partial charge in [0.05, 0.1) is 19.8 Å². The molecule has 0 rings (SSSR count). The van der Waals surface area contributed by atoms with Crippen molar-refractivity contribution in [3.8, 4) is 0 Å². The largest absolute Gasteiger partial charge is 0.397 e. The van der Waals surface area contributed by atoms with Gasteiger partial charge in [0.15, 0.2) is 0 Å². The van der Waals surface area contributed by atoms with E-state index in [1.165, 1.54) is 0 Å². The van der Waals surface area contributed by atoms with Crippen LogP contribution < -0.4 is 0 Å². The zero-order chi connectivity index (χ0) is 17.2. The third-order valence-electron chi connectivity index (χ3n) is 1.08. The van der Waals surface area contributed by atoms with Crippen LogP contribution in [-0.4, -0.2) is 70.4 Å². The molecule has 0 aromatic carbocycles. The third-order valence-corrected chi connectivity index (χ3v) is 2.48. The van der Waals surface area contributed by atoms with Gasteiger partial charge >= 0.3 is 31.2 Å². The zero-order valence-electron chi connectivity index (χ0n) is 10.2. The van der Waals surface area contributed by atoms with Crippen LogP contribution in [-0.2, 0) is 43.7 Å². The van der Waals surface area contributed by atoms with Crippen molar-refractivity contribution in [3.63, 3.8) is 0 Å². The molecule has 0 aromatic rings. The van der Waals surface area contributed by atoms with E-state index in [0.29, 0.717) is 0 Å². The molecule has 0 atom stereocenters. The van der Waals surface area contributed by atoms with Crippen molar-refractivity contribution in [1.82, 2.24) is 0 Å². The Hall–Kier alpha value is -0.430. The quantitative estimate of drug-likeness (QED) is 0.248. The molecule has 0 amide bonds. The molecule has 13 nitrogen and oxygen atoms in total. The van der Waals surface area contributed by atoms with Crippen LogP contribution in [0.5, 0.6) is 0 Å². The summed E-state index contributed by atoms with van der Waals surface area (Å²) in [6, 6.07) is 0. The summed E-state index contributed by atoms with van der Waals surface area (Å²) in [5.74, 6) is 0. The number of hydrogen-bond donors (Lipinski definition) is 4. The Balaban J connectivity index is 0. The van der Waals surface area contributed by atoms with Gasteiger partial charge in [0.1, 0.15) is 0 Å². The molecule has 0 fully saturated rings. The van der Waals surface area contributed by atoms with Gasteiger partial charge in [-0.25, -0.2) is 12.5 Å². The van der Waals surface area contributed by atoms with Gasteiger partial charge in [0.2, 0.25) is 0 Å². The van der Waals surface area contributed by atoms with Crippen LogP contribution in [0.1, 0.15) is 6.42 Å². The van der Waals surface area contributed by atoms with Gasteiger partial charge in [-0.1, -0.05) is 0 Å². The number of aliphatic hydroxyl groups excluding tert-OH is 1. The standard InChI is InChI=1S/C3H8O5S.C2H6O8S2/c4-2-1-3-8-9(5,6)7;3-11(4,5)9-1-2-10-12(6,7)8/h4H,1-3H2,(H,5,6,7);1-2H2,(H,3,4,5)(H,6,7,8). The molecule has 0 bridgehead atoms. The van der Waals surface area contributed by atoms with Crippen molar-refractivity contribution < 1.29 is 56.6 Å². The summed E-state index contributed by atoms with van der Waals surface area (Å²) in [6.07, 6.45) is 0.194. The van der Waals surface area contributed by atoms with Crippen LogP contribution in [0.15, 0.2) is 0 Å². The molecule has 0 unspecified atom stereocenters. The SMILES string of the molecule is O=S(=O)(O)OCCCO.O=S(=O)(O)OCCOS(=O)(=O)O. The summed E-state index contributed by atoms with van der Waals surface area (Å²) in [5, 5.41) is 8.11. The second-order valence-electron chi connectivity index (χ2n) is 2.83. The molecule has 0 aromatic heterocycles. The maximum Gasteiger partial charge on any atom is 0.397 e. The Morgan fingerprint density at radius 1 is 0.619 bits per heavy atom. The van der Waals surface area contributed by atoms with Crippen molar-refractivity contribution in [1.29, 1.82) is 0 Å². The van der Waals surface area contributed by atoms with E-state index in [-0.39, 0.29) is 19.6 Å². The first-order valence-corrected chi connectivity index (χ1v) is 8.83. The second-order valence-corrected chi connectivity index (χ2v) is 6.10. The van der Waals surface area contributed by atoms with E-state index in [2.05, 4.69) is 12.5 Å². The van der Waals surface area contributed by atoms with E-state index in [0.717, 1.165) is 0 Å². The smallest absolute Gasteiger partial charge is 0.396 e. The lowest BCUT2D eigenvalue weighted by Gasteiger charge is -1.98. The highest BCUT2D eigenvalue weighted by atomic mass is 32.3. The Bertz CT molecular complexity index is 523. The van der Waals surface area contributed by atoms with Crippen molar-refractivity contribution in [2.75, 3.05) is 26.4 Å². The molecule has 4 N–H and O–H groups in total. The first-order chi connectivity index (χ1) is 9.27. The van der Waals surface area contributed by atoms with Crippen LogP contribution in [0.4, 0.5) is 0 Å². The monoisotopic (exact) mass is 378 g/mol. The summed E-state index contributed by atoms with van der Waals surface area (Å²) in [4.78, 5) is 0. The van der Waals surface area contributed by atoms with Crippen LogP contribution in [0.3, 0.4) is 0 Å². The highest BCUT2D eigenvalue weighted by Crippen LogP contribution is 1.89. The predicted molar refractivity (Wildman–Crippen MR) is 64.2 cm³/mol. The molecule has 0 heterocycles. The van der Waals surface area contributed by atoms with E-state index in [9.17, 15) is 25.3 Å². The van der Waals surface area contributed by atoms with Gasteiger partial charge in [-0.15, -0.1) is 0 Å². The highest BCUT2D eigenvalue weighted by Gasteiger charge is 2.07. The fraction of sp³-hybridized carbons (Fsp3) is 1.00. The van der Waals surface area contributed by atoms with E-state index >= 15 is 0 Å². The van der Waals surface area contributed by atoms with Gasteiger partial charge in [-0.2, -0.15) is 25.3 Å². The molecule has 0 radical (unpaired) electrons. The normalized spacial score (nSPS) is 12.6. The minimum absolute atomic E-state index is 0.157. The Kier molecular flexibility index (Phi) is 11.2. The van der Waals surface area contributed by atoms with Crippen molar-refractivity contribution in [2.24, 2.45) is 0 Å². The van der Waals surface area contributed by atoms with Gasteiger partial charge < -0.3 is 5.11 Å². The van der Waals surface area contributed by atoms with E-state index in [1.54, 1.807) is 0 Å². The maximum absolute atomic E-state index is 9.82. The lowest BCUT2D eigenvalue weighted by molar-refractivity contribution is 0.190. The lowest BCUT2D eigenvalue weighted by atomic mass is 10.5. The van der Waals surface area contributed by atoms with Crippen LogP contribution in [0, 0.1) is 0 Å². The fourth-order valence-electron chi connectivity index (χ4n) is 0.507. The first kappa shape index (κ1) is 22.8. The predicted octanol–water partition coefficient (Wildman–Crippen LogP) is -2.19.